The minimum Gasteiger partial charge on any atom is -0.323 e. The van der Waals surface area contributed by atoms with E-state index >= 15 is 0 Å². The van der Waals surface area contributed by atoms with Gasteiger partial charge in [0.05, 0.1) is 22.8 Å². The molecule has 1 N–H and O–H groups in total. The van der Waals surface area contributed by atoms with Gasteiger partial charge in [0.15, 0.2) is 0 Å². The molecule has 1 fully saturated rings. The van der Waals surface area contributed by atoms with Gasteiger partial charge in [-0.25, -0.2) is 4.79 Å². The molecule has 0 saturated carbocycles. The SMILES string of the molecule is CC1(CCF)NC(=O)N(C2CCc3c2ccc(Cl)c3Cl)C1=O. The number of fused-ring (bicyclic) bond motifs is 1. The first-order chi connectivity index (χ1) is 10.4. The molecule has 0 spiro atoms. The van der Waals surface area contributed by atoms with Crippen molar-refractivity contribution in [2.45, 2.75) is 37.8 Å². The number of alkyl halides is 1. The molecule has 1 heterocycles. The van der Waals surface area contributed by atoms with Crippen molar-refractivity contribution in [2.75, 3.05) is 6.67 Å². The monoisotopic (exact) mass is 344 g/mol. The normalized spacial score (nSPS) is 27.3. The fourth-order valence-corrected chi connectivity index (χ4v) is 3.67. The van der Waals surface area contributed by atoms with Crippen LogP contribution in [-0.2, 0) is 11.2 Å². The molecule has 1 aliphatic carbocycles. The molecule has 7 heteroatoms. The molecule has 2 unspecified atom stereocenters. The Balaban J connectivity index is 1.97. The summed E-state index contributed by atoms with van der Waals surface area (Å²) >= 11 is 12.2. The average molecular weight is 345 g/mol. The summed E-state index contributed by atoms with van der Waals surface area (Å²) in [6, 6.07) is 2.61. The van der Waals surface area contributed by atoms with Crippen molar-refractivity contribution >= 4 is 35.1 Å². The lowest BCUT2D eigenvalue weighted by molar-refractivity contribution is -0.132. The van der Waals surface area contributed by atoms with Crippen LogP contribution in [0.2, 0.25) is 10.0 Å². The van der Waals surface area contributed by atoms with Gasteiger partial charge < -0.3 is 5.32 Å². The van der Waals surface area contributed by atoms with E-state index < -0.39 is 18.2 Å². The summed E-state index contributed by atoms with van der Waals surface area (Å²) in [6.45, 7) is 0.885. The zero-order valence-corrected chi connectivity index (χ0v) is 13.5. The highest BCUT2D eigenvalue weighted by Gasteiger charge is 2.51. The van der Waals surface area contributed by atoms with E-state index in [1.54, 1.807) is 19.1 Å². The van der Waals surface area contributed by atoms with E-state index in [1.165, 1.54) is 4.90 Å². The predicted molar refractivity (Wildman–Crippen MR) is 81.9 cm³/mol. The summed E-state index contributed by atoms with van der Waals surface area (Å²) in [7, 11) is 0. The van der Waals surface area contributed by atoms with E-state index in [-0.39, 0.29) is 18.4 Å². The van der Waals surface area contributed by atoms with E-state index in [1.807, 2.05) is 0 Å². The van der Waals surface area contributed by atoms with Gasteiger partial charge in [-0.1, -0.05) is 29.3 Å². The van der Waals surface area contributed by atoms with Gasteiger partial charge in [0.25, 0.3) is 5.91 Å². The van der Waals surface area contributed by atoms with Crippen LogP contribution in [0.4, 0.5) is 9.18 Å². The van der Waals surface area contributed by atoms with Gasteiger partial charge in [0, 0.05) is 6.42 Å². The Kier molecular flexibility index (Phi) is 3.81. The second-order valence-corrected chi connectivity index (χ2v) is 6.65. The molecule has 0 aromatic heterocycles. The fraction of sp³-hybridized carbons (Fsp3) is 0.467. The lowest BCUT2D eigenvalue weighted by atomic mass is 9.98. The van der Waals surface area contributed by atoms with Crippen molar-refractivity contribution in [1.82, 2.24) is 10.2 Å². The fourth-order valence-electron chi connectivity index (χ4n) is 3.23. The second kappa shape index (κ2) is 5.39. The number of amides is 3. The van der Waals surface area contributed by atoms with Crippen molar-refractivity contribution in [2.24, 2.45) is 0 Å². The number of rotatable bonds is 3. The van der Waals surface area contributed by atoms with Crippen LogP contribution < -0.4 is 5.32 Å². The average Bonchev–Trinajstić information content (AvgIpc) is 2.96. The van der Waals surface area contributed by atoms with Crippen LogP contribution in [0.3, 0.4) is 0 Å². The number of benzene rings is 1. The first kappa shape index (κ1) is 15.6. The van der Waals surface area contributed by atoms with Crippen LogP contribution in [0.15, 0.2) is 12.1 Å². The third kappa shape index (κ3) is 2.18. The molecule has 1 aromatic carbocycles. The number of hydrogen-bond donors (Lipinski definition) is 1. The Hall–Kier alpha value is -1.33. The highest BCUT2D eigenvalue weighted by atomic mass is 35.5. The van der Waals surface area contributed by atoms with Crippen LogP contribution in [0.5, 0.6) is 0 Å². The van der Waals surface area contributed by atoms with E-state index in [0.29, 0.717) is 22.9 Å². The van der Waals surface area contributed by atoms with Gasteiger partial charge in [-0.05, 0) is 37.0 Å². The van der Waals surface area contributed by atoms with Crippen molar-refractivity contribution in [3.8, 4) is 0 Å². The van der Waals surface area contributed by atoms with E-state index in [2.05, 4.69) is 5.32 Å². The molecule has 22 heavy (non-hydrogen) atoms. The topological polar surface area (TPSA) is 49.4 Å². The zero-order chi connectivity index (χ0) is 16.1. The number of carbonyl (C=O) groups excluding carboxylic acids is 2. The lowest BCUT2D eigenvalue weighted by Gasteiger charge is -2.24. The Morgan fingerprint density at radius 2 is 2.14 bits per heavy atom. The summed E-state index contributed by atoms with van der Waals surface area (Å²) in [5.74, 6) is -0.390. The van der Waals surface area contributed by atoms with Crippen molar-refractivity contribution in [3.63, 3.8) is 0 Å². The predicted octanol–water partition coefficient (Wildman–Crippen LogP) is 3.65. The maximum atomic E-state index is 12.7. The highest BCUT2D eigenvalue weighted by molar-refractivity contribution is 6.42. The number of urea groups is 1. The Bertz CT molecular complexity index is 667. The summed E-state index contributed by atoms with van der Waals surface area (Å²) in [5.41, 5.74) is 0.534. The van der Waals surface area contributed by atoms with Crippen LogP contribution in [0, 0.1) is 0 Å². The van der Waals surface area contributed by atoms with Crippen molar-refractivity contribution < 1.29 is 14.0 Å². The molecule has 2 aliphatic rings. The number of imide groups is 1. The van der Waals surface area contributed by atoms with Crippen LogP contribution >= 0.6 is 23.2 Å². The molecule has 3 amide bonds. The van der Waals surface area contributed by atoms with Crippen molar-refractivity contribution in [3.05, 3.63) is 33.3 Å². The van der Waals surface area contributed by atoms with E-state index in [9.17, 15) is 14.0 Å². The Morgan fingerprint density at radius 3 is 2.82 bits per heavy atom. The summed E-state index contributed by atoms with van der Waals surface area (Å²) in [6.07, 6.45) is 1.21. The molecule has 4 nitrogen and oxygen atoms in total. The molecule has 1 saturated heterocycles. The number of nitrogens with zero attached hydrogens (tertiary/aromatic N) is 1. The minimum atomic E-state index is -1.18. The van der Waals surface area contributed by atoms with Gasteiger partial charge in [-0.2, -0.15) is 0 Å². The zero-order valence-electron chi connectivity index (χ0n) is 12.0. The molecule has 0 bridgehead atoms. The molecule has 1 aliphatic heterocycles. The molecular weight excluding hydrogens is 330 g/mol. The molecule has 2 atom stereocenters. The van der Waals surface area contributed by atoms with Gasteiger partial charge in [-0.15, -0.1) is 0 Å². The quantitative estimate of drug-likeness (QED) is 0.850. The van der Waals surface area contributed by atoms with Crippen LogP contribution in [-0.4, -0.2) is 29.1 Å². The summed E-state index contributed by atoms with van der Waals surface area (Å²) in [4.78, 5) is 26.0. The molecule has 118 valence electrons. The first-order valence-corrected chi connectivity index (χ1v) is 7.83. The minimum absolute atomic E-state index is 0.0327. The van der Waals surface area contributed by atoms with Gasteiger partial charge in [0.1, 0.15) is 5.54 Å². The van der Waals surface area contributed by atoms with Crippen LogP contribution in [0.25, 0.3) is 0 Å². The number of halogens is 3. The molecule has 3 rings (SSSR count). The third-order valence-corrected chi connectivity index (χ3v) is 5.30. The number of carbonyl (C=O) groups is 2. The third-order valence-electron chi connectivity index (χ3n) is 4.46. The van der Waals surface area contributed by atoms with Crippen LogP contribution in [0.1, 0.15) is 36.9 Å². The Morgan fingerprint density at radius 1 is 1.41 bits per heavy atom. The standard InChI is InChI=1S/C15H15Cl2FN2O2/c1-15(6-7-18)13(21)20(14(22)19-15)11-5-3-9-8(11)2-4-10(16)12(9)17/h2,4,11H,3,5-7H2,1H3,(H,19,22). The number of hydrogen-bond acceptors (Lipinski definition) is 2. The smallest absolute Gasteiger partial charge is 0.323 e. The molecule has 1 aromatic rings. The maximum Gasteiger partial charge on any atom is 0.325 e. The lowest BCUT2D eigenvalue weighted by Crippen LogP contribution is -2.44. The number of nitrogens with one attached hydrogen (secondary N) is 1. The Labute approximate surface area is 137 Å². The summed E-state index contributed by atoms with van der Waals surface area (Å²) < 4.78 is 12.7. The summed E-state index contributed by atoms with van der Waals surface area (Å²) in [5, 5.41) is 3.53. The highest BCUT2D eigenvalue weighted by Crippen LogP contribution is 2.43. The largest absolute Gasteiger partial charge is 0.325 e. The molecule has 0 radical (unpaired) electrons. The van der Waals surface area contributed by atoms with E-state index in [4.69, 9.17) is 23.2 Å². The van der Waals surface area contributed by atoms with Gasteiger partial charge in [-0.3, -0.25) is 14.1 Å². The van der Waals surface area contributed by atoms with Gasteiger partial charge >= 0.3 is 6.03 Å². The first-order valence-electron chi connectivity index (χ1n) is 7.07. The maximum absolute atomic E-state index is 12.7. The van der Waals surface area contributed by atoms with Crippen molar-refractivity contribution in [1.29, 1.82) is 0 Å². The van der Waals surface area contributed by atoms with Gasteiger partial charge in [0.2, 0.25) is 0 Å². The van der Waals surface area contributed by atoms with E-state index in [0.717, 1.165) is 11.1 Å². The second-order valence-electron chi connectivity index (χ2n) is 5.86. The molecular formula is C15H15Cl2FN2O2.